The van der Waals surface area contributed by atoms with Gasteiger partial charge in [-0.2, -0.15) is 0 Å². The lowest BCUT2D eigenvalue weighted by atomic mass is 10.2. The minimum absolute atomic E-state index is 0.0602. The van der Waals surface area contributed by atoms with E-state index in [9.17, 15) is 9.59 Å². The number of amides is 2. The Hall–Kier alpha value is -0.770. The summed E-state index contributed by atoms with van der Waals surface area (Å²) < 4.78 is 0. The molecule has 80 valence electrons. The van der Waals surface area contributed by atoms with Crippen LogP contribution >= 0.6 is 11.6 Å². The number of hydrogen-bond donors (Lipinski definition) is 1. The largest absolute Gasteiger partial charge is 0.353 e. The van der Waals surface area contributed by atoms with Crippen LogP contribution in [0.3, 0.4) is 0 Å². The Labute approximate surface area is 88.6 Å². The maximum atomic E-state index is 11.5. The minimum atomic E-state index is -0.0676. The van der Waals surface area contributed by atoms with Crippen molar-refractivity contribution in [3.8, 4) is 0 Å². The van der Waals surface area contributed by atoms with Crippen LogP contribution in [0.4, 0.5) is 0 Å². The van der Waals surface area contributed by atoms with Crippen LogP contribution in [0.15, 0.2) is 0 Å². The molecule has 1 rings (SSSR count). The van der Waals surface area contributed by atoms with Gasteiger partial charge in [0.25, 0.3) is 0 Å². The molecule has 1 aliphatic rings. The van der Waals surface area contributed by atoms with Crippen molar-refractivity contribution < 1.29 is 9.59 Å². The number of carbonyl (C=O) groups excluding carboxylic acids is 2. The lowest BCUT2D eigenvalue weighted by Gasteiger charge is -2.26. The van der Waals surface area contributed by atoms with Crippen LogP contribution in [0.5, 0.6) is 0 Å². The fraction of sp³-hybridized carbons (Fsp3) is 0.778. The number of nitrogens with one attached hydrogen (secondary N) is 1. The Morgan fingerprint density at radius 1 is 1.50 bits per heavy atom. The molecule has 0 atom stereocenters. The van der Waals surface area contributed by atoms with Crippen LogP contribution in [0.1, 0.15) is 19.3 Å². The normalized spacial score (nSPS) is 16.6. The maximum Gasteiger partial charge on any atom is 0.239 e. The second-order valence-corrected chi connectivity index (χ2v) is 3.69. The van der Waals surface area contributed by atoms with Gasteiger partial charge in [-0.05, 0) is 12.8 Å². The molecule has 1 saturated heterocycles. The zero-order valence-electron chi connectivity index (χ0n) is 8.09. The molecule has 0 aliphatic carbocycles. The van der Waals surface area contributed by atoms with Crippen LogP contribution in [-0.2, 0) is 9.59 Å². The molecule has 1 N–H and O–H groups in total. The topological polar surface area (TPSA) is 49.4 Å². The van der Waals surface area contributed by atoms with Gasteiger partial charge in [0.05, 0.1) is 6.54 Å². The van der Waals surface area contributed by atoms with E-state index in [-0.39, 0.29) is 18.4 Å². The van der Waals surface area contributed by atoms with Crippen LogP contribution in [0, 0.1) is 0 Å². The molecule has 14 heavy (non-hydrogen) atoms. The highest BCUT2D eigenvalue weighted by molar-refractivity contribution is 6.17. The molecule has 0 spiro atoms. The molecule has 0 aromatic carbocycles. The van der Waals surface area contributed by atoms with E-state index in [4.69, 9.17) is 11.6 Å². The number of halogens is 1. The first-order valence-electron chi connectivity index (χ1n) is 4.84. The Balaban J connectivity index is 2.25. The van der Waals surface area contributed by atoms with E-state index >= 15 is 0 Å². The first-order chi connectivity index (χ1) is 6.74. The van der Waals surface area contributed by atoms with Crippen LogP contribution < -0.4 is 5.32 Å². The fourth-order valence-corrected chi connectivity index (χ4v) is 1.57. The summed E-state index contributed by atoms with van der Waals surface area (Å²) in [5, 5.41) is 2.68. The molecule has 4 nitrogen and oxygen atoms in total. The summed E-state index contributed by atoms with van der Waals surface area (Å²) in [5.41, 5.74) is 0. The number of hydrogen-bond acceptors (Lipinski definition) is 2. The molecule has 5 heteroatoms. The van der Waals surface area contributed by atoms with E-state index < -0.39 is 0 Å². The number of rotatable bonds is 4. The summed E-state index contributed by atoms with van der Waals surface area (Å²) in [6, 6.07) is 0. The predicted octanol–water partition coefficient (Wildman–Crippen LogP) is 0.354. The minimum Gasteiger partial charge on any atom is -0.353 e. The van der Waals surface area contributed by atoms with Crippen molar-refractivity contribution in [3.63, 3.8) is 0 Å². The van der Waals surface area contributed by atoms with Gasteiger partial charge < -0.3 is 10.2 Å². The van der Waals surface area contributed by atoms with E-state index in [0.29, 0.717) is 25.4 Å². The van der Waals surface area contributed by atoms with Crippen molar-refractivity contribution in [2.24, 2.45) is 0 Å². The van der Waals surface area contributed by atoms with Crippen molar-refractivity contribution in [2.45, 2.75) is 19.3 Å². The van der Waals surface area contributed by atoms with Crippen molar-refractivity contribution in [3.05, 3.63) is 0 Å². The van der Waals surface area contributed by atoms with E-state index in [1.165, 1.54) is 0 Å². The molecule has 0 unspecified atom stereocenters. The second-order valence-electron chi connectivity index (χ2n) is 3.31. The quantitative estimate of drug-likeness (QED) is 0.547. The van der Waals surface area contributed by atoms with Gasteiger partial charge in [-0.3, -0.25) is 9.59 Å². The lowest BCUT2D eigenvalue weighted by molar-refractivity contribution is -0.138. The molecule has 1 heterocycles. The molecule has 0 aromatic heterocycles. The highest BCUT2D eigenvalue weighted by Crippen LogP contribution is 2.03. The zero-order valence-corrected chi connectivity index (χ0v) is 8.85. The predicted molar refractivity (Wildman–Crippen MR) is 54.2 cm³/mol. The molecule has 0 bridgehead atoms. The van der Waals surface area contributed by atoms with E-state index in [0.717, 1.165) is 12.8 Å². The molecule has 1 fully saturated rings. The van der Waals surface area contributed by atoms with Gasteiger partial charge in [0.2, 0.25) is 11.8 Å². The number of alkyl halides is 1. The molecule has 2 amide bonds. The van der Waals surface area contributed by atoms with Gasteiger partial charge in [-0.1, -0.05) is 0 Å². The van der Waals surface area contributed by atoms with E-state index in [2.05, 4.69) is 5.32 Å². The first kappa shape index (κ1) is 11.3. The van der Waals surface area contributed by atoms with Crippen LogP contribution in [0.25, 0.3) is 0 Å². The summed E-state index contributed by atoms with van der Waals surface area (Å²) in [4.78, 5) is 24.1. The Morgan fingerprint density at radius 3 is 2.93 bits per heavy atom. The summed E-state index contributed by atoms with van der Waals surface area (Å²) >= 11 is 5.50. The van der Waals surface area contributed by atoms with Crippen LogP contribution in [-0.4, -0.2) is 42.2 Å². The fourth-order valence-electron chi connectivity index (χ4n) is 1.38. The van der Waals surface area contributed by atoms with E-state index in [1.54, 1.807) is 4.90 Å². The molecule has 1 aliphatic heterocycles. The average molecular weight is 219 g/mol. The summed E-state index contributed by atoms with van der Waals surface area (Å²) in [6.07, 6.45) is 2.16. The zero-order chi connectivity index (χ0) is 10.4. The van der Waals surface area contributed by atoms with Gasteiger partial charge in [0.1, 0.15) is 0 Å². The smallest absolute Gasteiger partial charge is 0.239 e. The van der Waals surface area contributed by atoms with Crippen molar-refractivity contribution >= 4 is 23.4 Å². The Kier molecular flexibility index (Phi) is 4.73. The van der Waals surface area contributed by atoms with Gasteiger partial charge in [-0.15, -0.1) is 11.6 Å². The third-order valence-corrected chi connectivity index (χ3v) is 2.43. The monoisotopic (exact) mass is 218 g/mol. The molecular formula is C9H15ClN2O2. The molecule has 0 saturated carbocycles. The van der Waals surface area contributed by atoms with E-state index in [1.807, 2.05) is 0 Å². The lowest BCUT2D eigenvalue weighted by Crippen LogP contribution is -2.49. The standard InChI is InChI=1S/C9H15ClN2O2/c10-4-2-1-3-9(14)12-6-5-11-8(13)7-12/h1-7H2,(H,11,13). The molecule has 0 radical (unpaired) electrons. The average Bonchev–Trinajstić information content (AvgIpc) is 2.18. The van der Waals surface area contributed by atoms with Gasteiger partial charge >= 0.3 is 0 Å². The van der Waals surface area contributed by atoms with Crippen LogP contribution in [0.2, 0.25) is 0 Å². The SMILES string of the molecule is O=C1CN(C(=O)CCCCCl)CCN1. The molecule has 0 aromatic rings. The third-order valence-electron chi connectivity index (χ3n) is 2.17. The van der Waals surface area contributed by atoms with Gasteiger partial charge in [0.15, 0.2) is 0 Å². The third kappa shape index (κ3) is 3.54. The Bertz CT molecular complexity index is 221. The summed E-state index contributed by atoms with van der Waals surface area (Å²) in [5.74, 6) is 0.584. The number of nitrogens with zero attached hydrogens (tertiary/aromatic N) is 1. The highest BCUT2D eigenvalue weighted by atomic mass is 35.5. The summed E-state index contributed by atoms with van der Waals surface area (Å²) in [7, 11) is 0. The second kappa shape index (κ2) is 5.86. The number of piperazine rings is 1. The van der Waals surface area contributed by atoms with Crippen molar-refractivity contribution in [2.75, 3.05) is 25.5 Å². The number of carbonyl (C=O) groups is 2. The van der Waals surface area contributed by atoms with Gasteiger partial charge in [0, 0.05) is 25.4 Å². The Morgan fingerprint density at radius 2 is 2.29 bits per heavy atom. The maximum absolute atomic E-state index is 11.5. The first-order valence-corrected chi connectivity index (χ1v) is 5.38. The molecular weight excluding hydrogens is 204 g/mol. The van der Waals surface area contributed by atoms with Gasteiger partial charge in [-0.25, -0.2) is 0 Å². The number of unbranched alkanes of at least 4 members (excludes halogenated alkanes) is 1. The highest BCUT2D eigenvalue weighted by Gasteiger charge is 2.20. The van der Waals surface area contributed by atoms with Crippen molar-refractivity contribution in [1.29, 1.82) is 0 Å². The summed E-state index contributed by atoms with van der Waals surface area (Å²) in [6.45, 7) is 1.41. The van der Waals surface area contributed by atoms with Crippen molar-refractivity contribution in [1.82, 2.24) is 10.2 Å².